The Labute approximate surface area is 110 Å². The van der Waals surface area contributed by atoms with Crippen LogP contribution in [-0.2, 0) is 4.74 Å². The average Bonchev–Trinajstić information content (AvgIpc) is 2.97. The first-order valence-corrected chi connectivity index (χ1v) is 7.29. The van der Waals surface area contributed by atoms with E-state index in [1.165, 1.54) is 0 Å². The van der Waals surface area contributed by atoms with E-state index in [4.69, 9.17) is 9.26 Å². The Bertz CT molecular complexity index is 414. The number of rotatable bonds is 2. The number of ether oxygens (including phenoxy) is 1. The minimum Gasteiger partial charge on any atom is -0.391 e. The molecule has 0 spiro atoms. The third-order valence-electron chi connectivity index (χ3n) is 3.38. The van der Waals surface area contributed by atoms with Crippen LogP contribution < -0.4 is 0 Å². The summed E-state index contributed by atoms with van der Waals surface area (Å²) >= 11 is 1.71. The van der Waals surface area contributed by atoms with Crippen LogP contribution in [0.15, 0.2) is 4.52 Å². The molecule has 0 aliphatic carbocycles. The molecule has 1 N–H and O–H groups in total. The smallest absolute Gasteiger partial charge is 0.233 e. The zero-order valence-corrected chi connectivity index (χ0v) is 11.1. The van der Waals surface area contributed by atoms with Gasteiger partial charge >= 0.3 is 0 Å². The van der Waals surface area contributed by atoms with Gasteiger partial charge < -0.3 is 19.3 Å². The third-order valence-corrected chi connectivity index (χ3v) is 4.55. The van der Waals surface area contributed by atoms with Crippen LogP contribution in [0.4, 0.5) is 0 Å². The Morgan fingerprint density at radius 1 is 1.44 bits per heavy atom. The van der Waals surface area contributed by atoms with Crippen molar-refractivity contribution >= 4 is 11.8 Å². The predicted molar refractivity (Wildman–Crippen MR) is 66.6 cm³/mol. The van der Waals surface area contributed by atoms with Crippen molar-refractivity contribution in [2.45, 2.75) is 18.1 Å². The third kappa shape index (κ3) is 2.40. The zero-order valence-electron chi connectivity index (χ0n) is 10.3. The van der Waals surface area contributed by atoms with E-state index in [0.717, 1.165) is 24.6 Å². The van der Waals surface area contributed by atoms with Gasteiger partial charge in [-0.15, -0.1) is 0 Å². The minimum absolute atomic E-state index is 0.0300. The predicted octanol–water partition coefficient (Wildman–Crippen LogP) is 0.264. The van der Waals surface area contributed by atoms with Gasteiger partial charge in [0.25, 0.3) is 0 Å². The summed E-state index contributed by atoms with van der Waals surface area (Å²) in [6.45, 7) is 2.40. The van der Waals surface area contributed by atoms with Crippen molar-refractivity contribution in [1.82, 2.24) is 15.0 Å². The fraction of sp³-hybridized carbons (Fsp3) is 0.818. The summed E-state index contributed by atoms with van der Waals surface area (Å²) in [5.41, 5.74) is 0. The van der Waals surface area contributed by atoms with Crippen molar-refractivity contribution in [3.63, 3.8) is 0 Å². The molecule has 1 aromatic heterocycles. The standard InChI is InChI=1S/C11H17N3O3S/c1-14-2-3-16-9(4-14)10-12-11(17-13-10)7-5-18-6-8(7)15/h7-9,15H,2-6H2,1H3. The molecule has 18 heavy (non-hydrogen) atoms. The number of morpholine rings is 1. The fourth-order valence-corrected chi connectivity index (χ4v) is 3.47. The average molecular weight is 271 g/mol. The Kier molecular flexibility index (Phi) is 3.56. The molecule has 100 valence electrons. The first-order valence-electron chi connectivity index (χ1n) is 6.13. The van der Waals surface area contributed by atoms with Crippen molar-refractivity contribution in [3.8, 4) is 0 Å². The van der Waals surface area contributed by atoms with Crippen LogP contribution in [0.1, 0.15) is 23.7 Å². The van der Waals surface area contributed by atoms with E-state index in [-0.39, 0.29) is 18.1 Å². The highest BCUT2D eigenvalue weighted by atomic mass is 32.2. The monoisotopic (exact) mass is 271 g/mol. The van der Waals surface area contributed by atoms with Crippen LogP contribution in [0.25, 0.3) is 0 Å². The van der Waals surface area contributed by atoms with Gasteiger partial charge in [-0.3, -0.25) is 0 Å². The van der Waals surface area contributed by atoms with Gasteiger partial charge in [0, 0.05) is 24.6 Å². The Morgan fingerprint density at radius 3 is 3.06 bits per heavy atom. The quantitative estimate of drug-likeness (QED) is 0.827. The van der Waals surface area contributed by atoms with Crippen molar-refractivity contribution in [2.75, 3.05) is 38.2 Å². The molecule has 2 fully saturated rings. The van der Waals surface area contributed by atoms with Crippen molar-refractivity contribution < 1.29 is 14.4 Å². The molecule has 0 amide bonds. The highest BCUT2D eigenvalue weighted by Crippen LogP contribution is 2.32. The second kappa shape index (κ2) is 5.16. The Morgan fingerprint density at radius 2 is 2.33 bits per heavy atom. The lowest BCUT2D eigenvalue weighted by molar-refractivity contribution is -0.0264. The van der Waals surface area contributed by atoms with Gasteiger partial charge in [0.2, 0.25) is 11.7 Å². The van der Waals surface area contributed by atoms with Crippen molar-refractivity contribution in [3.05, 3.63) is 11.7 Å². The van der Waals surface area contributed by atoms with E-state index in [9.17, 15) is 5.11 Å². The van der Waals surface area contributed by atoms with Crippen LogP contribution in [0.3, 0.4) is 0 Å². The number of aromatic nitrogens is 2. The molecule has 3 rings (SSSR count). The maximum Gasteiger partial charge on any atom is 0.233 e. The van der Waals surface area contributed by atoms with Crippen LogP contribution in [0.2, 0.25) is 0 Å². The van der Waals surface area contributed by atoms with Gasteiger partial charge in [0.05, 0.1) is 18.6 Å². The molecule has 7 heteroatoms. The maximum atomic E-state index is 9.82. The molecule has 1 aromatic rings. The van der Waals surface area contributed by atoms with Gasteiger partial charge in [-0.2, -0.15) is 16.7 Å². The molecule has 0 saturated carbocycles. The lowest BCUT2D eigenvalue weighted by Gasteiger charge is -2.27. The van der Waals surface area contributed by atoms with Crippen LogP contribution in [0.5, 0.6) is 0 Å². The molecular weight excluding hydrogens is 254 g/mol. The summed E-state index contributed by atoms with van der Waals surface area (Å²) in [4.78, 5) is 6.58. The molecule has 3 unspecified atom stereocenters. The van der Waals surface area contributed by atoms with E-state index in [2.05, 4.69) is 15.0 Å². The van der Waals surface area contributed by atoms with E-state index in [1.807, 2.05) is 7.05 Å². The number of likely N-dealkylation sites (N-methyl/N-ethyl adjacent to an activating group) is 1. The Hall–Kier alpha value is -0.630. The van der Waals surface area contributed by atoms with Crippen molar-refractivity contribution in [1.29, 1.82) is 0 Å². The number of thioether (sulfide) groups is 1. The summed E-state index contributed by atoms with van der Waals surface area (Å²) < 4.78 is 10.9. The molecule has 0 radical (unpaired) electrons. The number of nitrogens with zero attached hydrogens (tertiary/aromatic N) is 3. The molecule has 3 heterocycles. The van der Waals surface area contributed by atoms with E-state index in [1.54, 1.807) is 11.8 Å². The van der Waals surface area contributed by atoms with Crippen LogP contribution >= 0.6 is 11.8 Å². The molecule has 2 saturated heterocycles. The molecule has 0 aromatic carbocycles. The van der Waals surface area contributed by atoms with Gasteiger partial charge in [-0.1, -0.05) is 5.16 Å². The number of aliphatic hydroxyl groups excluding tert-OH is 1. The molecule has 6 nitrogen and oxygen atoms in total. The summed E-state index contributed by atoms with van der Waals surface area (Å²) in [5.74, 6) is 2.69. The molecule has 0 bridgehead atoms. The first kappa shape index (κ1) is 12.4. The fourth-order valence-electron chi connectivity index (χ4n) is 2.24. The second-order valence-electron chi connectivity index (χ2n) is 4.82. The molecule has 3 atom stereocenters. The highest BCUT2D eigenvalue weighted by molar-refractivity contribution is 7.99. The normalized spacial score (nSPS) is 34.0. The number of hydrogen-bond donors (Lipinski definition) is 1. The first-order chi connectivity index (χ1) is 8.74. The largest absolute Gasteiger partial charge is 0.391 e. The zero-order chi connectivity index (χ0) is 12.5. The summed E-state index contributed by atoms with van der Waals surface area (Å²) in [6.07, 6.45) is -0.495. The maximum absolute atomic E-state index is 9.82. The molecular formula is C11H17N3O3S. The molecule has 2 aliphatic heterocycles. The van der Waals surface area contributed by atoms with E-state index in [0.29, 0.717) is 18.3 Å². The van der Waals surface area contributed by atoms with Gasteiger partial charge in [0.1, 0.15) is 6.10 Å². The second-order valence-corrected chi connectivity index (χ2v) is 5.90. The summed E-state index contributed by atoms with van der Waals surface area (Å²) in [6, 6.07) is 0. The SMILES string of the molecule is CN1CCOC(c2noc(C3CSCC3O)n2)C1. The van der Waals surface area contributed by atoms with Crippen LogP contribution in [-0.4, -0.2) is 64.5 Å². The van der Waals surface area contributed by atoms with E-state index >= 15 is 0 Å². The van der Waals surface area contributed by atoms with Crippen molar-refractivity contribution in [2.24, 2.45) is 0 Å². The summed E-state index contributed by atoms with van der Waals surface area (Å²) in [7, 11) is 2.05. The number of aliphatic hydroxyl groups is 1. The molecule has 2 aliphatic rings. The van der Waals surface area contributed by atoms with Gasteiger partial charge in [0.15, 0.2) is 0 Å². The number of hydrogen-bond acceptors (Lipinski definition) is 7. The lowest BCUT2D eigenvalue weighted by Crippen LogP contribution is -2.35. The van der Waals surface area contributed by atoms with Gasteiger partial charge in [-0.05, 0) is 7.05 Å². The highest BCUT2D eigenvalue weighted by Gasteiger charge is 2.33. The topological polar surface area (TPSA) is 71.6 Å². The van der Waals surface area contributed by atoms with E-state index < -0.39 is 0 Å². The Balaban J connectivity index is 1.72. The van der Waals surface area contributed by atoms with Gasteiger partial charge in [-0.25, -0.2) is 0 Å². The lowest BCUT2D eigenvalue weighted by atomic mass is 10.1. The minimum atomic E-state index is -0.377. The summed E-state index contributed by atoms with van der Waals surface area (Å²) in [5, 5.41) is 13.8. The van der Waals surface area contributed by atoms with Crippen LogP contribution in [0, 0.1) is 0 Å².